The van der Waals surface area contributed by atoms with E-state index in [1.807, 2.05) is 83.4 Å². The van der Waals surface area contributed by atoms with Crippen LogP contribution in [0.15, 0.2) is 64.8 Å². The summed E-state index contributed by atoms with van der Waals surface area (Å²) < 4.78 is 18.2. The third-order valence-electron chi connectivity index (χ3n) is 8.40. The van der Waals surface area contributed by atoms with E-state index in [-0.39, 0.29) is 23.8 Å². The number of nitrogens with zero attached hydrogens (tertiary/aromatic N) is 2. The van der Waals surface area contributed by atoms with E-state index in [1.165, 1.54) is 0 Å². The van der Waals surface area contributed by atoms with Crippen LogP contribution >= 0.6 is 0 Å². The molecule has 1 aromatic carbocycles. The first kappa shape index (κ1) is 34.4. The van der Waals surface area contributed by atoms with Gasteiger partial charge in [0.25, 0.3) is 0 Å². The molecule has 1 aromatic rings. The van der Waals surface area contributed by atoms with Crippen LogP contribution in [0.2, 0.25) is 0 Å². The first-order chi connectivity index (χ1) is 21.4. The zero-order valence-electron chi connectivity index (χ0n) is 28.2. The van der Waals surface area contributed by atoms with Crippen molar-refractivity contribution in [2.45, 2.75) is 84.5 Å². The van der Waals surface area contributed by atoms with Crippen LogP contribution in [0, 0.1) is 12.3 Å². The highest BCUT2D eigenvalue weighted by molar-refractivity contribution is 6.01. The molecule has 1 N–H and O–H groups in total. The van der Waals surface area contributed by atoms with Crippen LogP contribution in [-0.4, -0.2) is 68.0 Å². The molecule has 243 valence electrons. The Morgan fingerprint density at radius 1 is 1.20 bits per heavy atom. The van der Waals surface area contributed by atoms with Crippen LogP contribution in [0.25, 0.3) is 5.57 Å². The molecule has 0 aromatic heterocycles. The molecular weight excluding hydrogens is 566 g/mol. The van der Waals surface area contributed by atoms with Crippen LogP contribution in [0.4, 0.5) is 0 Å². The van der Waals surface area contributed by atoms with E-state index in [2.05, 4.69) is 30.4 Å². The maximum absolute atomic E-state index is 13.4. The molecule has 0 saturated heterocycles. The topological polar surface area (TPSA) is 89.5 Å². The second-order valence-corrected chi connectivity index (χ2v) is 13.0. The number of amides is 1. The van der Waals surface area contributed by atoms with E-state index in [0.717, 1.165) is 28.1 Å². The molecule has 1 radical (unpaired) electrons. The number of aliphatic imine (C=N–C) groups is 1. The van der Waals surface area contributed by atoms with Gasteiger partial charge in [-0.3, -0.25) is 14.6 Å². The number of carbonyl (C=O) groups is 2. The fraction of sp³-hybridized carbons (Fsp3) is 0.514. The lowest BCUT2D eigenvalue weighted by molar-refractivity contribution is -0.160. The number of hydrogen-bond acceptors (Lipinski definition) is 7. The Bertz CT molecular complexity index is 1410. The van der Waals surface area contributed by atoms with Gasteiger partial charge in [-0.2, -0.15) is 0 Å². The van der Waals surface area contributed by atoms with Crippen molar-refractivity contribution in [2.24, 2.45) is 10.9 Å². The molecule has 1 aliphatic heterocycles. The van der Waals surface area contributed by atoms with Crippen molar-refractivity contribution in [1.82, 2.24) is 10.2 Å². The minimum atomic E-state index is -0.586. The lowest BCUT2D eigenvalue weighted by Gasteiger charge is -2.26. The minimum absolute atomic E-state index is 0.00233. The van der Waals surface area contributed by atoms with Crippen molar-refractivity contribution < 1.29 is 23.8 Å². The Morgan fingerprint density at radius 2 is 1.93 bits per heavy atom. The third kappa shape index (κ3) is 9.04. The fourth-order valence-corrected chi connectivity index (χ4v) is 5.76. The molecule has 3 aliphatic rings. The molecule has 8 nitrogen and oxygen atoms in total. The van der Waals surface area contributed by atoms with Crippen molar-refractivity contribution in [2.75, 3.05) is 33.9 Å². The molecule has 4 rings (SSSR count). The molecule has 2 bridgehead atoms. The number of hydrogen-bond donors (Lipinski definition) is 1. The second-order valence-electron chi connectivity index (χ2n) is 13.0. The van der Waals surface area contributed by atoms with Gasteiger partial charge in [0.2, 0.25) is 5.91 Å². The number of ether oxygens (including phenoxy) is 3. The summed E-state index contributed by atoms with van der Waals surface area (Å²) in [6.07, 6.45) is 14.2. The van der Waals surface area contributed by atoms with Crippen LogP contribution < -0.4 is 10.1 Å². The van der Waals surface area contributed by atoms with Gasteiger partial charge in [0.15, 0.2) is 0 Å². The zero-order chi connectivity index (χ0) is 32.8. The summed E-state index contributed by atoms with van der Waals surface area (Å²) in [5.74, 6) is 0.178. The van der Waals surface area contributed by atoms with Gasteiger partial charge in [-0.15, -0.1) is 0 Å². The highest BCUT2D eigenvalue weighted by Gasteiger charge is 2.39. The Labute approximate surface area is 269 Å². The predicted octanol–water partition coefficient (Wildman–Crippen LogP) is 6.34. The van der Waals surface area contributed by atoms with Crippen molar-refractivity contribution in [1.29, 1.82) is 0 Å². The monoisotopic (exact) mass is 616 g/mol. The molecule has 1 heterocycles. The molecule has 0 saturated carbocycles. The number of fused-ring (bicyclic) bond motifs is 2. The number of likely N-dealkylation sites (N-methyl/N-ethyl adjacent to an activating group) is 1. The summed E-state index contributed by atoms with van der Waals surface area (Å²) in [5.41, 5.74) is 4.30. The molecule has 0 spiro atoms. The van der Waals surface area contributed by atoms with Gasteiger partial charge in [-0.1, -0.05) is 24.3 Å². The lowest BCUT2D eigenvalue weighted by Crippen LogP contribution is -2.36. The van der Waals surface area contributed by atoms with E-state index in [0.29, 0.717) is 56.7 Å². The molecule has 2 atom stereocenters. The van der Waals surface area contributed by atoms with Gasteiger partial charge in [0, 0.05) is 48.7 Å². The van der Waals surface area contributed by atoms with E-state index >= 15 is 0 Å². The number of nitrogens with one attached hydrogen (secondary N) is 1. The van der Waals surface area contributed by atoms with Gasteiger partial charge in [-0.25, -0.2) is 0 Å². The predicted molar refractivity (Wildman–Crippen MR) is 180 cm³/mol. The van der Waals surface area contributed by atoms with Gasteiger partial charge in [0.05, 0.1) is 12.5 Å². The Kier molecular flexibility index (Phi) is 11.3. The molecule has 2 unspecified atom stereocenters. The maximum atomic E-state index is 13.4. The summed E-state index contributed by atoms with van der Waals surface area (Å²) in [6.45, 7) is 13.1. The number of carbonyl (C=O) groups excluding carboxylic acids is 2. The normalized spacial score (nSPS) is 24.2. The van der Waals surface area contributed by atoms with Crippen LogP contribution in [-0.2, 0) is 24.7 Å². The van der Waals surface area contributed by atoms with Gasteiger partial charge >= 0.3 is 5.97 Å². The summed E-state index contributed by atoms with van der Waals surface area (Å²) in [6, 6.07) is 6.22. The van der Waals surface area contributed by atoms with Crippen LogP contribution in [0.3, 0.4) is 0 Å². The molecule has 1 amide bonds. The molecule has 0 fully saturated rings. The van der Waals surface area contributed by atoms with Crippen LogP contribution in [0.1, 0.15) is 78.4 Å². The molecule has 8 heteroatoms. The van der Waals surface area contributed by atoms with Crippen molar-refractivity contribution in [3.8, 4) is 5.75 Å². The van der Waals surface area contributed by atoms with E-state index in [4.69, 9.17) is 19.2 Å². The summed E-state index contributed by atoms with van der Waals surface area (Å²) in [5, 5.41) is 3.39. The number of esters is 1. The third-order valence-corrected chi connectivity index (χ3v) is 8.40. The summed E-state index contributed by atoms with van der Waals surface area (Å²) in [4.78, 5) is 33.5. The van der Waals surface area contributed by atoms with Gasteiger partial charge in [-0.05, 0) is 110 Å². The SMILES string of the molecule is C\C=C/C1=N\C(C)=C(\C(C)NC)c2ccc(C3(OC)C=C3)c(c2)OCCN(C(=O)C2=C[CH]2)CCCC(C(=O)OC(C)(C)C)CC1. The number of benzene rings is 1. The standard InChI is InChI=1S/C37H50N3O5/c1-9-11-30-17-15-28(35(42)45-36(4,5)6)12-10-21-40(34(41)27-13-14-27)22-23-44-32-24-29(33(25(2)38-7)26(3)39-30)16-18-31(32)37(43-8)19-20-37/h9,11,13-14,16,18-20,24-25,28,38H,10,12,15,17,21-23H2,1-8H3/b11-9-,33-26-,39-30+. The smallest absolute Gasteiger partial charge is 0.309 e. The Hall–Kier alpha value is -3.49. The molecule has 45 heavy (non-hydrogen) atoms. The van der Waals surface area contributed by atoms with Gasteiger partial charge in [0.1, 0.15) is 23.6 Å². The minimum Gasteiger partial charge on any atom is -0.491 e. The van der Waals surface area contributed by atoms with Crippen molar-refractivity contribution >= 4 is 23.2 Å². The summed E-state index contributed by atoms with van der Waals surface area (Å²) >= 11 is 0. The first-order valence-corrected chi connectivity index (χ1v) is 16.1. The van der Waals surface area contributed by atoms with Crippen LogP contribution in [0.5, 0.6) is 5.75 Å². The van der Waals surface area contributed by atoms with E-state index in [9.17, 15) is 9.59 Å². The van der Waals surface area contributed by atoms with Crippen molar-refractivity contribution in [3.63, 3.8) is 0 Å². The van der Waals surface area contributed by atoms with E-state index in [1.54, 1.807) is 7.11 Å². The Morgan fingerprint density at radius 3 is 2.53 bits per heavy atom. The highest BCUT2D eigenvalue weighted by atomic mass is 16.6. The fourth-order valence-electron chi connectivity index (χ4n) is 5.76. The van der Waals surface area contributed by atoms with Gasteiger partial charge < -0.3 is 24.4 Å². The first-order valence-electron chi connectivity index (χ1n) is 16.1. The van der Waals surface area contributed by atoms with E-state index < -0.39 is 11.2 Å². The number of methoxy groups -OCH3 is 1. The Balaban J connectivity index is 1.78. The quantitative estimate of drug-likeness (QED) is 0.284. The number of allylic oxidation sites excluding steroid dienone is 4. The average molecular weight is 617 g/mol. The largest absolute Gasteiger partial charge is 0.491 e. The maximum Gasteiger partial charge on any atom is 0.309 e. The van der Waals surface area contributed by atoms with Crippen molar-refractivity contribution in [3.05, 3.63) is 77.4 Å². The molecular formula is C37H50N3O5. The second kappa shape index (κ2) is 14.7. The average Bonchev–Trinajstić information content (AvgIpc) is 3.91. The highest BCUT2D eigenvalue weighted by Crippen LogP contribution is 2.45. The summed E-state index contributed by atoms with van der Waals surface area (Å²) in [7, 11) is 3.63. The zero-order valence-corrected chi connectivity index (χ0v) is 28.2. The molecule has 2 aliphatic carbocycles. The lowest BCUT2D eigenvalue weighted by atomic mass is 9.93. The number of rotatable bonds is 7.